The molecule has 2 aromatic rings. The van der Waals surface area contributed by atoms with Gasteiger partial charge in [-0.3, -0.25) is 4.79 Å². The summed E-state index contributed by atoms with van der Waals surface area (Å²) in [5, 5.41) is 2.81. The number of pyridine rings is 1. The third-order valence-electron chi connectivity index (χ3n) is 2.58. The minimum atomic E-state index is -0.202. The summed E-state index contributed by atoms with van der Waals surface area (Å²) in [6, 6.07) is 11.3. The van der Waals surface area contributed by atoms with Crippen molar-refractivity contribution in [2.45, 2.75) is 13.3 Å². The summed E-state index contributed by atoms with van der Waals surface area (Å²) < 4.78 is 0.853. The van der Waals surface area contributed by atoms with Gasteiger partial charge in [-0.15, -0.1) is 0 Å². The van der Waals surface area contributed by atoms with E-state index in [0.29, 0.717) is 5.69 Å². The van der Waals surface area contributed by atoms with Crippen LogP contribution in [0.4, 0.5) is 5.69 Å². The summed E-state index contributed by atoms with van der Waals surface area (Å²) in [4.78, 5) is 15.9. The number of hydrogen-bond donors (Lipinski definition) is 1. The van der Waals surface area contributed by atoms with E-state index in [2.05, 4.69) is 33.2 Å². The molecule has 1 amide bonds. The first-order valence-electron chi connectivity index (χ1n) is 5.71. The summed E-state index contributed by atoms with van der Waals surface area (Å²) >= 11 is 3.28. The third kappa shape index (κ3) is 3.17. The lowest BCUT2D eigenvalue weighted by atomic mass is 10.1. The van der Waals surface area contributed by atoms with E-state index in [-0.39, 0.29) is 5.91 Å². The van der Waals surface area contributed by atoms with E-state index in [0.717, 1.165) is 16.6 Å². The minimum Gasteiger partial charge on any atom is -0.321 e. The Hall–Kier alpha value is -1.68. The summed E-state index contributed by atoms with van der Waals surface area (Å²) in [5.41, 5.74) is 2.43. The van der Waals surface area contributed by atoms with Crippen molar-refractivity contribution in [1.29, 1.82) is 0 Å². The quantitative estimate of drug-likeness (QED) is 0.940. The van der Waals surface area contributed by atoms with Gasteiger partial charge in [0.1, 0.15) is 5.69 Å². The second-order valence-electron chi connectivity index (χ2n) is 3.87. The largest absolute Gasteiger partial charge is 0.321 e. The third-order valence-corrected chi connectivity index (χ3v) is 3.05. The van der Waals surface area contributed by atoms with Gasteiger partial charge in [-0.2, -0.15) is 0 Å². The van der Waals surface area contributed by atoms with Crippen molar-refractivity contribution >= 4 is 27.5 Å². The molecular formula is C14H13BrN2O. The van der Waals surface area contributed by atoms with Crippen molar-refractivity contribution in [1.82, 2.24) is 4.98 Å². The highest BCUT2D eigenvalue weighted by Gasteiger charge is 2.06. The van der Waals surface area contributed by atoms with Crippen LogP contribution in [0.15, 0.2) is 47.1 Å². The second-order valence-corrected chi connectivity index (χ2v) is 4.78. The Bertz CT molecular complexity index is 535. The average molecular weight is 305 g/mol. The predicted molar refractivity (Wildman–Crippen MR) is 75.7 cm³/mol. The zero-order chi connectivity index (χ0) is 13.0. The highest BCUT2D eigenvalue weighted by molar-refractivity contribution is 9.10. The number of carbonyl (C=O) groups excluding carboxylic acids is 1. The zero-order valence-electron chi connectivity index (χ0n) is 9.98. The molecule has 0 spiro atoms. The lowest BCUT2D eigenvalue weighted by Crippen LogP contribution is -2.13. The van der Waals surface area contributed by atoms with Gasteiger partial charge in [0.2, 0.25) is 0 Å². The van der Waals surface area contributed by atoms with E-state index in [1.807, 2.05) is 24.3 Å². The Morgan fingerprint density at radius 3 is 2.50 bits per heavy atom. The molecule has 2 rings (SSSR count). The maximum absolute atomic E-state index is 11.9. The van der Waals surface area contributed by atoms with Crippen LogP contribution in [-0.2, 0) is 6.42 Å². The van der Waals surface area contributed by atoms with Gasteiger partial charge in [-0.05, 0) is 52.2 Å². The first-order chi connectivity index (χ1) is 8.69. The fourth-order valence-electron chi connectivity index (χ4n) is 1.53. The van der Waals surface area contributed by atoms with Crippen molar-refractivity contribution in [3.8, 4) is 0 Å². The van der Waals surface area contributed by atoms with Gasteiger partial charge in [0, 0.05) is 16.4 Å². The number of nitrogens with zero attached hydrogens (tertiary/aromatic N) is 1. The zero-order valence-corrected chi connectivity index (χ0v) is 11.6. The van der Waals surface area contributed by atoms with Gasteiger partial charge in [-0.1, -0.05) is 19.1 Å². The molecule has 0 unspecified atom stereocenters. The molecular weight excluding hydrogens is 292 g/mol. The molecule has 1 N–H and O–H groups in total. The van der Waals surface area contributed by atoms with Crippen molar-refractivity contribution in [2.75, 3.05) is 5.32 Å². The molecule has 1 heterocycles. The minimum absolute atomic E-state index is 0.202. The lowest BCUT2D eigenvalue weighted by molar-refractivity contribution is 0.102. The summed E-state index contributed by atoms with van der Waals surface area (Å²) in [6.45, 7) is 2.10. The lowest BCUT2D eigenvalue weighted by Gasteiger charge is -2.05. The molecule has 0 radical (unpaired) electrons. The molecule has 0 bridgehead atoms. The number of carbonyl (C=O) groups is 1. The Labute approximate surface area is 114 Å². The number of aromatic nitrogens is 1. The molecule has 1 aromatic carbocycles. The highest BCUT2D eigenvalue weighted by atomic mass is 79.9. The van der Waals surface area contributed by atoms with Gasteiger partial charge in [-0.25, -0.2) is 4.98 Å². The van der Waals surface area contributed by atoms with E-state index in [4.69, 9.17) is 0 Å². The van der Waals surface area contributed by atoms with Gasteiger partial charge in [0.25, 0.3) is 5.91 Å². The molecule has 0 aliphatic heterocycles. The maximum Gasteiger partial charge on any atom is 0.274 e. The predicted octanol–water partition coefficient (Wildman–Crippen LogP) is 3.66. The van der Waals surface area contributed by atoms with E-state index >= 15 is 0 Å². The number of nitrogens with one attached hydrogen (secondary N) is 1. The standard InChI is InChI=1S/C14H13BrN2O/c1-2-10-3-6-12(7-4-10)17-14(18)13-8-5-11(15)9-16-13/h3-9H,2H2,1H3,(H,17,18). The average Bonchev–Trinajstić information content (AvgIpc) is 2.40. The van der Waals surface area contributed by atoms with Crippen molar-refractivity contribution in [3.63, 3.8) is 0 Å². The number of amides is 1. The number of rotatable bonds is 3. The van der Waals surface area contributed by atoms with Gasteiger partial charge >= 0.3 is 0 Å². The van der Waals surface area contributed by atoms with Gasteiger partial charge < -0.3 is 5.32 Å². The van der Waals surface area contributed by atoms with Crippen LogP contribution in [0.2, 0.25) is 0 Å². The monoisotopic (exact) mass is 304 g/mol. The molecule has 0 saturated carbocycles. The second kappa shape index (κ2) is 5.78. The van der Waals surface area contributed by atoms with Crippen LogP contribution in [0.25, 0.3) is 0 Å². The molecule has 0 atom stereocenters. The van der Waals surface area contributed by atoms with Gasteiger partial charge in [0.05, 0.1) is 0 Å². The maximum atomic E-state index is 11.9. The Morgan fingerprint density at radius 2 is 1.94 bits per heavy atom. The van der Waals surface area contributed by atoms with E-state index < -0.39 is 0 Å². The normalized spacial score (nSPS) is 10.1. The van der Waals surface area contributed by atoms with E-state index in [9.17, 15) is 4.79 Å². The smallest absolute Gasteiger partial charge is 0.274 e. The summed E-state index contributed by atoms with van der Waals surface area (Å²) in [5.74, 6) is -0.202. The first kappa shape index (κ1) is 12.8. The molecule has 0 saturated heterocycles. The Morgan fingerprint density at radius 1 is 1.22 bits per heavy atom. The molecule has 92 valence electrons. The van der Waals surface area contributed by atoms with Crippen LogP contribution in [-0.4, -0.2) is 10.9 Å². The molecule has 18 heavy (non-hydrogen) atoms. The van der Waals surface area contributed by atoms with Crippen LogP contribution < -0.4 is 5.32 Å². The number of anilines is 1. The Kier molecular flexibility index (Phi) is 4.10. The summed E-state index contributed by atoms with van der Waals surface area (Å²) in [6.07, 6.45) is 2.59. The first-order valence-corrected chi connectivity index (χ1v) is 6.50. The van der Waals surface area contributed by atoms with Crippen molar-refractivity contribution < 1.29 is 4.79 Å². The molecule has 0 aliphatic carbocycles. The van der Waals surface area contributed by atoms with E-state index in [1.54, 1.807) is 18.3 Å². The van der Waals surface area contributed by atoms with E-state index in [1.165, 1.54) is 5.56 Å². The van der Waals surface area contributed by atoms with Crippen LogP contribution in [0.1, 0.15) is 23.0 Å². The molecule has 3 nitrogen and oxygen atoms in total. The number of halogens is 1. The van der Waals surface area contributed by atoms with Gasteiger partial charge in [0.15, 0.2) is 0 Å². The molecule has 0 fully saturated rings. The topological polar surface area (TPSA) is 42.0 Å². The number of hydrogen-bond acceptors (Lipinski definition) is 2. The van der Waals surface area contributed by atoms with Crippen molar-refractivity contribution in [3.05, 3.63) is 58.3 Å². The summed E-state index contributed by atoms with van der Waals surface area (Å²) in [7, 11) is 0. The fourth-order valence-corrected chi connectivity index (χ4v) is 1.76. The number of aryl methyl sites for hydroxylation is 1. The van der Waals surface area contributed by atoms with Crippen molar-refractivity contribution in [2.24, 2.45) is 0 Å². The highest BCUT2D eigenvalue weighted by Crippen LogP contribution is 2.12. The van der Waals surface area contributed by atoms with Crippen LogP contribution in [0.5, 0.6) is 0 Å². The molecule has 1 aromatic heterocycles. The Balaban J connectivity index is 2.08. The van der Waals surface area contributed by atoms with Crippen LogP contribution >= 0.6 is 15.9 Å². The molecule has 4 heteroatoms. The van der Waals surface area contributed by atoms with Crippen LogP contribution in [0, 0.1) is 0 Å². The van der Waals surface area contributed by atoms with Crippen LogP contribution in [0.3, 0.4) is 0 Å². The molecule has 0 aliphatic rings. The number of benzene rings is 1. The fraction of sp³-hybridized carbons (Fsp3) is 0.143. The SMILES string of the molecule is CCc1ccc(NC(=O)c2ccc(Br)cn2)cc1.